The Morgan fingerprint density at radius 3 is 1.88 bits per heavy atom. The molecule has 0 aromatic carbocycles. The molecule has 0 rings (SSSR count). The molecular formula is C5H12O2Zn. The van der Waals surface area contributed by atoms with E-state index in [9.17, 15) is 4.79 Å². The van der Waals surface area contributed by atoms with E-state index in [4.69, 9.17) is 0 Å². The van der Waals surface area contributed by atoms with Crippen LogP contribution in [0.1, 0.15) is 6.92 Å². The molecule has 0 bridgehead atoms. The minimum Gasteiger partial charge on any atom is -0.468 e. The second-order valence-electron chi connectivity index (χ2n) is 0.552. The van der Waals surface area contributed by atoms with E-state index < -0.39 is 0 Å². The van der Waals surface area contributed by atoms with Crippen molar-refractivity contribution in [2.45, 2.75) is 6.92 Å². The van der Waals surface area contributed by atoms with Gasteiger partial charge in [0.05, 0.1) is 6.61 Å². The molecule has 0 aliphatic carbocycles. The molecule has 0 N–H and O–H groups in total. The molecule has 3 heteroatoms. The summed E-state index contributed by atoms with van der Waals surface area (Å²) in [5.41, 5.74) is 0. The molecule has 0 heterocycles. The van der Waals surface area contributed by atoms with E-state index >= 15 is 0 Å². The Kier molecular flexibility index (Phi) is 83.6. The molecule has 0 saturated carbocycles. The molecule has 0 atom stereocenters. The van der Waals surface area contributed by atoms with Crippen LogP contribution >= 0.6 is 0 Å². The second-order valence-corrected chi connectivity index (χ2v) is 0.552. The van der Waals surface area contributed by atoms with Crippen molar-refractivity contribution in [1.82, 2.24) is 0 Å². The summed E-state index contributed by atoms with van der Waals surface area (Å²) in [5.74, 6) is 0. The summed E-state index contributed by atoms with van der Waals surface area (Å²) in [5, 5.41) is 0. The van der Waals surface area contributed by atoms with Crippen LogP contribution in [0.5, 0.6) is 0 Å². The Labute approximate surface area is 64.4 Å². The maximum atomic E-state index is 9.18. The Balaban J connectivity index is -0.0000000267. The molecule has 0 fully saturated rings. The quantitative estimate of drug-likeness (QED) is 0.351. The zero-order chi connectivity index (χ0) is 4.12. The van der Waals surface area contributed by atoms with Gasteiger partial charge in [-0.15, -0.1) is 0 Å². The first-order valence-corrected chi connectivity index (χ1v) is 1.47. The summed E-state index contributed by atoms with van der Waals surface area (Å²) >= 11 is 0. The Hall–Kier alpha value is 0.0934. The van der Waals surface area contributed by atoms with Gasteiger partial charge in [0.15, 0.2) is 0 Å². The van der Waals surface area contributed by atoms with Crippen LogP contribution in [0, 0.1) is 14.9 Å². The van der Waals surface area contributed by atoms with Gasteiger partial charge in [-0.1, -0.05) is 0 Å². The number of hydrogen-bond donors (Lipinski definition) is 0. The summed E-state index contributed by atoms with van der Waals surface area (Å²) in [6, 6.07) is 0. The van der Waals surface area contributed by atoms with Gasteiger partial charge in [0.2, 0.25) is 0 Å². The Bertz CT molecular complexity index is 31.6. The largest absolute Gasteiger partial charge is 2.00 e. The van der Waals surface area contributed by atoms with Crippen molar-refractivity contribution >= 4 is 6.47 Å². The molecule has 46 valence electrons. The van der Waals surface area contributed by atoms with Crippen LogP contribution in [0.15, 0.2) is 0 Å². The third kappa shape index (κ3) is 36.1. The van der Waals surface area contributed by atoms with E-state index in [1.165, 1.54) is 0 Å². The number of ether oxygens (including phenoxy) is 1. The van der Waals surface area contributed by atoms with Gasteiger partial charge in [-0.3, -0.25) is 4.79 Å². The molecule has 0 amide bonds. The summed E-state index contributed by atoms with van der Waals surface area (Å²) in [6.07, 6.45) is 0. The van der Waals surface area contributed by atoms with E-state index in [0.29, 0.717) is 13.1 Å². The van der Waals surface area contributed by atoms with E-state index in [0.717, 1.165) is 0 Å². The molecule has 0 unspecified atom stereocenters. The predicted octanol–water partition coefficient (Wildman–Crippen LogP) is 1.08. The van der Waals surface area contributed by atoms with Crippen molar-refractivity contribution in [3.05, 3.63) is 14.9 Å². The Morgan fingerprint density at radius 2 is 1.88 bits per heavy atom. The normalized spacial score (nSPS) is 4.12. The van der Waals surface area contributed by atoms with Crippen molar-refractivity contribution in [3.63, 3.8) is 0 Å². The van der Waals surface area contributed by atoms with E-state index in [-0.39, 0.29) is 34.3 Å². The molecule has 0 aromatic heterocycles. The Morgan fingerprint density at radius 1 is 1.50 bits per heavy atom. The van der Waals surface area contributed by atoms with E-state index in [1.54, 1.807) is 6.92 Å². The third-order valence-electron chi connectivity index (χ3n) is 0.235. The average Bonchev–Trinajstić information content (AvgIpc) is 1.41. The summed E-state index contributed by atoms with van der Waals surface area (Å²) in [6.45, 7) is 2.66. The first-order valence-electron chi connectivity index (χ1n) is 1.47. The van der Waals surface area contributed by atoms with Crippen LogP contribution < -0.4 is 0 Å². The van der Waals surface area contributed by atoms with Gasteiger partial charge < -0.3 is 19.6 Å². The first-order chi connectivity index (χ1) is 2.41. The molecular weight excluding hydrogens is 157 g/mol. The zero-order valence-electron chi connectivity index (χ0n) is 5.81. The van der Waals surface area contributed by atoms with Crippen molar-refractivity contribution in [3.8, 4) is 0 Å². The minimum absolute atomic E-state index is 0. The molecule has 0 aliphatic heterocycles. The summed E-state index contributed by atoms with van der Waals surface area (Å²) < 4.78 is 4.15. The topological polar surface area (TPSA) is 26.3 Å². The van der Waals surface area contributed by atoms with Crippen molar-refractivity contribution in [2.24, 2.45) is 0 Å². The van der Waals surface area contributed by atoms with Gasteiger partial charge in [0, 0.05) is 0 Å². The fourth-order valence-electron chi connectivity index (χ4n) is 0.0680. The molecule has 0 aromatic rings. The van der Waals surface area contributed by atoms with Gasteiger partial charge in [0.1, 0.15) is 0 Å². The van der Waals surface area contributed by atoms with Crippen LogP contribution in [-0.4, -0.2) is 13.1 Å². The third-order valence-corrected chi connectivity index (χ3v) is 0.235. The fraction of sp³-hybridized carbons (Fsp3) is 0.400. The molecule has 0 spiro atoms. The smallest absolute Gasteiger partial charge is 0.468 e. The molecule has 0 radical (unpaired) electrons. The van der Waals surface area contributed by atoms with Crippen LogP contribution in [0.25, 0.3) is 0 Å². The van der Waals surface area contributed by atoms with Gasteiger partial charge >= 0.3 is 19.5 Å². The van der Waals surface area contributed by atoms with Gasteiger partial charge in [0.25, 0.3) is 6.47 Å². The number of carbonyl (C=O) groups is 1. The number of rotatable bonds is 2. The van der Waals surface area contributed by atoms with Crippen molar-refractivity contribution in [2.75, 3.05) is 6.61 Å². The zero-order valence-corrected chi connectivity index (χ0v) is 8.78. The molecule has 0 aliphatic rings. The van der Waals surface area contributed by atoms with Crippen LogP contribution in [0.3, 0.4) is 0 Å². The fourth-order valence-corrected chi connectivity index (χ4v) is 0.0680. The number of hydrogen-bond acceptors (Lipinski definition) is 2. The molecule has 2 nitrogen and oxygen atoms in total. The van der Waals surface area contributed by atoms with Gasteiger partial charge in [-0.05, 0) is 6.92 Å². The SMILES string of the molecule is CCOC=O.[CH3-].[CH3-].[Zn+2]. The molecule has 8 heavy (non-hydrogen) atoms. The minimum atomic E-state index is 0. The summed E-state index contributed by atoms with van der Waals surface area (Å²) in [7, 11) is 0. The predicted molar refractivity (Wildman–Crippen MR) is 30.5 cm³/mol. The van der Waals surface area contributed by atoms with E-state index in [2.05, 4.69) is 4.74 Å². The van der Waals surface area contributed by atoms with Gasteiger partial charge in [-0.2, -0.15) is 0 Å². The van der Waals surface area contributed by atoms with Crippen LogP contribution in [0.4, 0.5) is 0 Å². The van der Waals surface area contributed by atoms with Gasteiger partial charge in [-0.25, -0.2) is 0 Å². The van der Waals surface area contributed by atoms with Crippen molar-refractivity contribution < 1.29 is 29.0 Å². The number of carbonyl (C=O) groups excluding carboxylic acids is 1. The maximum absolute atomic E-state index is 9.18. The maximum Gasteiger partial charge on any atom is 2.00 e. The van der Waals surface area contributed by atoms with Crippen molar-refractivity contribution in [1.29, 1.82) is 0 Å². The first kappa shape index (κ1) is 24.3. The summed E-state index contributed by atoms with van der Waals surface area (Å²) in [4.78, 5) is 9.18. The van der Waals surface area contributed by atoms with Crippen LogP contribution in [0.2, 0.25) is 0 Å². The molecule has 0 saturated heterocycles. The van der Waals surface area contributed by atoms with Crippen LogP contribution in [-0.2, 0) is 29.0 Å². The standard InChI is InChI=1S/C3H6O2.2CH3.Zn/c1-2-5-3-4;;;/h3H,2H2,1H3;2*1H3;/q;2*-1;+2. The van der Waals surface area contributed by atoms with E-state index in [1.807, 2.05) is 0 Å². The average molecular weight is 170 g/mol. The monoisotopic (exact) mass is 168 g/mol. The second kappa shape index (κ2) is 27.5.